The Kier molecular flexibility index (Phi) is 2.86. The first kappa shape index (κ1) is 11.0. The summed E-state index contributed by atoms with van der Waals surface area (Å²) in [7, 11) is 1.59. The second-order valence-corrected chi connectivity index (χ2v) is 4.29. The molecule has 0 heterocycles. The van der Waals surface area contributed by atoms with Crippen LogP contribution in [0.15, 0.2) is 24.3 Å². The molecule has 1 fully saturated rings. The minimum absolute atomic E-state index is 0.687. The zero-order valence-electron chi connectivity index (χ0n) is 9.40. The van der Waals surface area contributed by atoms with E-state index >= 15 is 0 Å². The predicted octanol–water partition coefficient (Wildman–Crippen LogP) is 2.59. The molecule has 0 unspecified atom stereocenters. The molecule has 3 heteroatoms. The van der Waals surface area contributed by atoms with Crippen LogP contribution in [-0.2, 0) is 10.2 Å². The quantitative estimate of drug-likeness (QED) is 0.851. The van der Waals surface area contributed by atoms with E-state index < -0.39 is 11.4 Å². The van der Waals surface area contributed by atoms with Crippen LogP contribution in [0.4, 0.5) is 0 Å². The molecule has 86 valence electrons. The van der Waals surface area contributed by atoms with E-state index in [-0.39, 0.29) is 0 Å². The molecular formula is C13H16O3. The molecule has 1 aromatic carbocycles. The van der Waals surface area contributed by atoms with Crippen LogP contribution in [0.3, 0.4) is 0 Å². The fourth-order valence-electron chi connectivity index (χ4n) is 2.62. The molecule has 0 bridgehead atoms. The average Bonchev–Trinajstić information content (AvgIpc) is 2.79. The lowest BCUT2D eigenvalue weighted by molar-refractivity contribution is -0.143. The van der Waals surface area contributed by atoms with Gasteiger partial charge in [0.2, 0.25) is 0 Å². The second kappa shape index (κ2) is 4.16. The first-order chi connectivity index (χ1) is 7.70. The number of benzene rings is 1. The third-order valence-corrected chi connectivity index (χ3v) is 3.49. The zero-order chi connectivity index (χ0) is 11.6. The van der Waals surface area contributed by atoms with Crippen molar-refractivity contribution in [1.29, 1.82) is 0 Å². The average molecular weight is 220 g/mol. The molecule has 3 nitrogen and oxygen atoms in total. The Labute approximate surface area is 95.0 Å². The molecule has 0 radical (unpaired) electrons. The molecule has 1 saturated carbocycles. The number of ether oxygens (including phenoxy) is 1. The van der Waals surface area contributed by atoms with Gasteiger partial charge < -0.3 is 9.84 Å². The second-order valence-electron chi connectivity index (χ2n) is 4.29. The molecule has 0 aliphatic heterocycles. The molecule has 1 aliphatic rings. The fraction of sp³-hybridized carbons (Fsp3) is 0.462. The van der Waals surface area contributed by atoms with Crippen LogP contribution in [0.2, 0.25) is 0 Å². The Morgan fingerprint density at radius 1 is 1.31 bits per heavy atom. The number of carboxylic acid groups (broad SMARTS) is 1. The Bertz CT molecular complexity index is 392. The van der Waals surface area contributed by atoms with E-state index in [2.05, 4.69) is 0 Å². The summed E-state index contributed by atoms with van der Waals surface area (Å²) in [6.45, 7) is 0. The largest absolute Gasteiger partial charge is 0.496 e. The van der Waals surface area contributed by atoms with E-state index in [0.29, 0.717) is 18.6 Å². The summed E-state index contributed by atoms with van der Waals surface area (Å²) in [5.41, 5.74) is 0.0922. The maximum Gasteiger partial charge on any atom is 0.314 e. The number of hydrogen-bond donors (Lipinski definition) is 1. The van der Waals surface area contributed by atoms with Gasteiger partial charge in [-0.1, -0.05) is 31.0 Å². The van der Waals surface area contributed by atoms with Gasteiger partial charge in [-0.05, 0) is 18.9 Å². The monoisotopic (exact) mass is 220 g/mol. The molecule has 0 amide bonds. The highest BCUT2D eigenvalue weighted by molar-refractivity contribution is 5.82. The SMILES string of the molecule is COc1ccccc1C1(C(=O)O)CCCC1. The summed E-state index contributed by atoms with van der Waals surface area (Å²) in [6, 6.07) is 7.45. The molecule has 0 aromatic heterocycles. The van der Waals surface area contributed by atoms with Crippen LogP contribution in [0, 0.1) is 0 Å². The minimum Gasteiger partial charge on any atom is -0.496 e. The van der Waals surface area contributed by atoms with Crippen molar-refractivity contribution in [3.63, 3.8) is 0 Å². The minimum atomic E-state index is -0.730. The molecule has 0 saturated heterocycles. The van der Waals surface area contributed by atoms with Crippen molar-refractivity contribution >= 4 is 5.97 Å². The molecule has 1 aliphatic carbocycles. The summed E-state index contributed by atoms with van der Waals surface area (Å²) in [5.74, 6) is -0.0405. The van der Waals surface area contributed by atoms with Gasteiger partial charge in [0.05, 0.1) is 12.5 Å². The molecule has 1 aromatic rings. The lowest BCUT2D eigenvalue weighted by Gasteiger charge is -2.26. The van der Waals surface area contributed by atoms with E-state index in [0.717, 1.165) is 18.4 Å². The Morgan fingerprint density at radius 2 is 1.94 bits per heavy atom. The van der Waals surface area contributed by atoms with Crippen molar-refractivity contribution in [3.8, 4) is 5.75 Å². The van der Waals surface area contributed by atoms with Gasteiger partial charge in [-0.25, -0.2) is 0 Å². The summed E-state index contributed by atoms with van der Waals surface area (Å²) < 4.78 is 5.27. The molecular weight excluding hydrogens is 204 g/mol. The lowest BCUT2D eigenvalue weighted by Crippen LogP contribution is -2.32. The Hall–Kier alpha value is -1.51. The molecule has 0 atom stereocenters. The van der Waals surface area contributed by atoms with Crippen LogP contribution in [0.5, 0.6) is 5.75 Å². The summed E-state index contributed by atoms with van der Waals surface area (Å²) in [6.07, 6.45) is 3.38. The first-order valence-corrected chi connectivity index (χ1v) is 5.57. The van der Waals surface area contributed by atoms with Crippen molar-refractivity contribution in [3.05, 3.63) is 29.8 Å². The Morgan fingerprint density at radius 3 is 2.50 bits per heavy atom. The molecule has 0 spiro atoms. The van der Waals surface area contributed by atoms with Gasteiger partial charge in [0.15, 0.2) is 0 Å². The highest BCUT2D eigenvalue weighted by Gasteiger charge is 2.44. The number of aliphatic carboxylic acids is 1. The molecule has 16 heavy (non-hydrogen) atoms. The van der Waals surface area contributed by atoms with Gasteiger partial charge >= 0.3 is 5.97 Å². The number of rotatable bonds is 3. The van der Waals surface area contributed by atoms with Gasteiger partial charge in [0.1, 0.15) is 5.75 Å². The third kappa shape index (κ3) is 1.56. The molecule has 2 rings (SSSR count). The van der Waals surface area contributed by atoms with E-state index in [1.54, 1.807) is 7.11 Å². The van der Waals surface area contributed by atoms with Crippen LogP contribution in [0.1, 0.15) is 31.2 Å². The van der Waals surface area contributed by atoms with Gasteiger partial charge in [-0.15, -0.1) is 0 Å². The topological polar surface area (TPSA) is 46.5 Å². The van der Waals surface area contributed by atoms with Crippen molar-refractivity contribution in [2.45, 2.75) is 31.1 Å². The van der Waals surface area contributed by atoms with Crippen molar-refractivity contribution in [2.75, 3.05) is 7.11 Å². The van der Waals surface area contributed by atoms with Gasteiger partial charge in [-0.3, -0.25) is 4.79 Å². The fourth-order valence-corrected chi connectivity index (χ4v) is 2.62. The normalized spacial score (nSPS) is 18.3. The highest BCUT2D eigenvalue weighted by Crippen LogP contribution is 2.44. The van der Waals surface area contributed by atoms with Crippen molar-refractivity contribution in [2.24, 2.45) is 0 Å². The summed E-state index contributed by atoms with van der Waals surface area (Å²) >= 11 is 0. The maximum atomic E-state index is 11.5. The number of carbonyl (C=O) groups is 1. The zero-order valence-corrected chi connectivity index (χ0v) is 9.40. The van der Waals surface area contributed by atoms with Gasteiger partial charge in [0, 0.05) is 5.56 Å². The lowest BCUT2D eigenvalue weighted by atomic mass is 9.78. The number of para-hydroxylation sites is 1. The van der Waals surface area contributed by atoms with E-state index in [9.17, 15) is 9.90 Å². The first-order valence-electron chi connectivity index (χ1n) is 5.57. The van der Waals surface area contributed by atoms with Crippen LogP contribution in [0.25, 0.3) is 0 Å². The maximum absolute atomic E-state index is 11.5. The van der Waals surface area contributed by atoms with Gasteiger partial charge in [0.25, 0.3) is 0 Å². The number of methoxy groups -OCH3 is 1. The Balaban J connectivity index is 2.51. The van der Waals surface area contributed by atoms with E-state index in [1.807, 2.05) is 24.3 Å². The van der Waals surface area contributed by atoms with Gasteiger partial charge in [-0.2, -0.15) is 0 Å². The smallest absolute Gasteiger partial charge is 0.314 e. The predicted molar refractivity (Wildman–Crippen MR) is 60.8 cm³/mol. The molecule has 1 N–H and O–H groups in total. The van der Waals surface area contributed by atoms with Crippen LogP contribution >= 0.6 is 0 Å². The summed E-state index contributed by atoms with van der Waals surface area (Å²) in [4.78, 5) is 11.5. The third-order valence-electron chi connectivity index (χ3n) is 3.49. The van der Waals surface area contributed by atoms with Crippen molar-refractivity contribution < 1.29 is 14.6 Å². The van der Waals surface area contributed by atoms with Crippen molar-refractivity contribution in [1.82, 2.24) is 0 Å². The van der Waals surface area contributed by atoms with Crippen LogP contribution < -0.4 is 4.74 Å². The van der Waals surface area contributed by atoms with Crippen LogP contribution in [-0.4, -0.2) is 18.2 Å². The number of hydrogen-bond acceptors (Lipinski definition) is 2. The van der Waals surface area contributed by atoms with E-state index in [1.165, 1.54) is 0 Å². The number of carboxylic acids is 1. The highest BCUT2D eigenvalue weighted by atomic mass is 16.5. The standard InChI is InChI=1S/C13H16O3/c1-16-11-7-3-2-6-10(11)13(12(14)15)8-4-5-9-13/h2-3,6-7H,4-5,8-9H2,1H3,(H,14,15). The van der Waals surface area contributed by atoms with E-state index in [4.69, 9.17) is 4.74 Å². The summed E-state index contributed by atoms with van der Waals surface area (Å²) in [5, 5.41) is 9.48.